The Morgan fingerprint density at radius 2 is 2.05 bits per heavy atom. The molecule has 0 unspecified atom stereocenters. The average Bonchev–Trinajstić information content (AvgIpc) is 2.41. The van der Waals surface area contributed by atoms with Gasteiger partial charge < -0.3 is 4.74 Å². The number of hydrogen-bond donors (Lipinski definition) is 0. The van der Waals surface area contributed by atoms with Gasteiger partial charge in [0.15, 0.2) is 5.78 Å². The van der Waals surface area contributed by atoms with E-state index in [0.29, 0.717) is 11.4 Å². The number of rotatable bonds is 4. The number of nitrogens with zero attached hydrogens (tertiary/aromatic N) is 2. The van der Waals surface area contributed by atoms with E-state index in [1.807, 2.05) is 0 Å². The highest BCUT2D eigenvalue weighted by Crippen LogP contribution is 2.30. The number of aryl methyl sites for hydroxylation is 1. The van der Waals surface area contributed by atoms with Crippen molar-refractivity contribution in [2.45, 2.75) is 13.8 Å². The zero-order chi connectivity index (χ0) is 14.7. The van der Waals surface area contributed by atoms with E-state index in [-0.39, 0.29) is 22.8 Å². The van der Waals surface area contributed by atoms with Crippen LogP contribution in [0.3, 0.4) is 0 Å². The lowest BCUT2D eigenvalue weighted by atomic mass is 10.1. The summed E-state index contributed by atoms with van der Waals surface area (Å²) in [6.07, 6.45) is 1.63. The molecule has 0 atom stereocenters. The first kappa shape index (κ1) is 13.7. The van der Waals surface area contributed by atoms with Crippen LogP contribution in [0.5, 0.6) is 11.5 Å². The number of ether oxygens (including phenoxy) is 1. The van der Waals surface area contributed by atoms with E-state index < -0.39 is 4.92 Å². The number of nitro benzene ring substituents is 1. The lowest BCUT2D eigenvalue weighted by molar-refractivity contribution is -0.384. The van der Waals surface area contributed by atoms with Crippen LogP contribution in [0.4, 0.5) is 5.69 Å². The molecule has 6 nitrogen and oxygen atoms in total. The summed E-state index contributed by atoms with van der Waals surface area (Å²) >= 11 is 0. The molecule has 6 heteroatoms. The molecule has 2 aromatic rings. The van der Waals surface area contributed by atoms with Crippen molar-refractivity contribution in [2.24, 2.45) is 0 Å². The van der Waals surface area contributed by atoms with Crippen molar-refractivity contribution in [3.05, 3.63) is 57.9 Å². The van der Waals surface area contributed by atoms with Gasteiger partial charge in [-0.05, 0) is 32.0 Å². The third-order valence-electron chi connectivity index (χ3n) is 2.73. The van der Waals surface area contributed by atoms with Crippen LogP contribution in [0.25, 0.3) is 0 Å². The molecular formula is C14H12N2O4. The molecule has 0 aliphatic rings. The van der Waals surface area contributed by atoms with E-state index >= 15 is 0 Å². The fourth-order valence-electron chi connectivity index (χ4n) is 1.69. The molecule has 0 aliphatic carbocycles. The summed E-state index contributed by atoms with van der Waals surface area (Å²) in [4.78, 5) is 25.9. The summed E-state index contributed by atoms with van der Waals surface area (Å²) in [5, 5.41) is 10.7. The third kappa shape index (κ3) is 2.80. The number of pyridine rings is 1. The zero-order valence-corrected chi connectivity index (χ0v) is 11.0. The Bertz CT molecular complexity index is 683. The normalized spacial score (nSPS) is 10.1. The van der Waals surface area contributed by atoms with Crippen molar-refractivity contribution in [2.75, 3.05) is 0 Å². The molecule has 0 bridgehead atoms. The number of Topliss-reactive ketones (excluding diaryl/α,β-unsaturated/α-hetero) is 1. The Kier molecular flexibility index (Phi) is 3.74. The van der Waals surface area contributed by atoms with Crippen molar-refractivity contribution in [3.63, 3.8) is 0 Å². The molecule has 0 aliphatic heterocycles. The number of carbonyl (C=O) groups is 1. The fourth-order valence-corrected chi connectivity index (χ4v) is 1.69. The lowest BCUT2D eigenvalue weighted by Gasteiger charge is -2.10. The van der Waals surface area contributed by atoms with Gasteiger partial charge in [0, 0.05) is 18.3 Å². The van der Waals surface area contributed by atoms with Gasteiger partial charge in [0.1, 0.15) is 11.5 Å². The second-order valence-electron chi connectivity index (χ2n) is 4.18. The number of hydrogen-bond acceptors (Lipinski definition) is 5. The molecule has 0 spiro atoms. The van der Waals surface area contributed by atoms with Crippen molar-refractivity contribution < 1.29 is 14.5 Å². The molecule has 0 saturated heterocycles. The monoisotopic (exact) mass is 272 g/mol. The van der Waals surface area contributed by atoms with Crippen molar-refractivity contribution in [1.82, 2.24) is 4.98 Å². The number of aromatic nitrogens is 1. The van der Waals surface area contributed by atoms with Crippen LogP contribution in [0.15, 0.2) is 36.5 Å². The van der Waals surface area contributed by atoms with Gasteiger partial charge >= 0.3 is 0 Å². The van der Waals surface area contributed by atoms with E-state index in [4.69, 9.17) is 4.74 Å². The highest BCUT2D eigenvalue weighted by molar-refractivity contribution is 5.97. The molecule has 1 heterocycles. The first-order valence-electron chi connectivity index (χ1n) is 5.88. The molecule has 0 radical (unpaired) electrons. The van der Waals surface area contributed by atoms with E-state index in [1.54, 1.807) is 25.3 Å². The van der Waals surface area contributed by atoms with E-state index in [0.717, 1.165) is 0 Å². The van der Waals surface area contributed by atoms with Gasteiger partial charge in [0.05, 0.1) is 16.2 Å². The Morgan fingerprint density at radius 3 is 2.65 bits per heavy atom. The van der Waals surface area contributed by atoms with Crippen LogP contribution in [0, 0.1) is 17.0 Å². The number of nitro groups is 1. The maximum absolute atomic E-state index is 11.6. The predicted molar refractivity (Wildman–Crippen MR) is 72.1 cm³/mol. The molecule has 2 rings (SSSR count). The molecule has 1 aromatic heterocycles. The van der Waals surface area contributed by atoms with Crippen LogP contribution in [-0.2, 0) is 0 Å². The van der Waals surface area contributed by atoms with Crippen LogP contribution in [-0.4, -0.2) is 15.7 Å². The molecule has 0 N–H and O–H groups in total. The van der Waals surface area contributed by atoms with Crippen molar-refractivity contribution >= 4 is 11.5 Å². The third-order valence-corrected chi connectivity index (χ3v) is 2.73. The summed E-state index contributed by atoms with van der Waals surface area (Å²) in [6, 6.07) is 7.35. The lowest BCUT2D eigenvalue weighted by Crippen LogP contribution is -2.00. The standard InChI is InChI=1S/C14H12N2O4/c1-9-13(4-3-7-15-9)20-14-6-5-11(16(18)19)8-12(14)10(2)17/h3-8H,1-2H3. The van der Waals surface area contributed by atoms with Gasteiger partial charge in [0.25, 0.3) is 5.69 Å². The van der Waals surface area contributed by atoms with Gasteiger partial charge in [-0.25, -0.2) is 0 Å². The smallest absolute Gasteiger partial charge is 0.270 e. The molecule has 20 heavy (non-hydrogen) atoms. The Morgan fingerprint density at radius 1 is 1.30 bits per heavy atom. The fraction of sp³-hybridized carbons (Fsp3) is 0.143. The minimum atomic E-state index is -0.550. The topological polar surface area (TPSA) is 82.3 Å². The minimum Gasteiger partial charge on any atom is -0.455 e. The van der Waals surface area contributed by atoms with Gasteiger partial charge in [-0.3, -0.25) is 19.9 Å². The summed E-state index contributed by atoms with van der Waals surface area (Å²) in [7, 11) is 0. The van der Waals surface area contributed by atoms with Gasteiger partial charge in [-0.2, -0.15) is 0 Å². The van der Waals surface area contributed by atoms with E-state index in [1.165, 1.54) is 25.1 Å². The molecule has 0 saturated carbocycles. The van der Waals surface area contributed by atoms with Crippen molar-refractivity contribution in [3.8, 4) is 11.5 Å². The Hall–Kier alpha value is -2.76. The average molecular weight is 272 g/mol. The Balaban J connectivity index is 2.44. The molecule has 0 fully saturated rings. The number of carbonyl (C=O) groups excluding carboxylic acids is 1. The molecular weight excluding hydrogens is 260 g/mol. The van der Waals surface area contributed by atoms with Crippen LogP contribution in [0.1, 0.15) is 23.0 Å². The first-order chi connectivity index (χ1) is 9.49. The van der Waals surface area contributed by atoms with Crippen molar-refractivity contribution in [1.29, 1.82) is 0 Å². The highest BCUT2D eigenvalue weighted by atomic mass is 16.6. The van der Waals surface area contributed by atoms with E-state index in [9.17, 15) is 14.9 Å². The van der Waals surface area contributed by atoms with Gasteiger partial charge in [-0.15, -0.1) is 0 Å². The maximum atomic E-state index is 11.6. The van der Waals surface area contributed by atoms with Crippen LogP contribution >= 0.6 is 0 Å². The number of non-ortho nitro benzene ring substituents is 1. The van der Waals surface area contributed by atoms with E-state index in [2.05, 4.69) is 4.98 Å². The highest BCUT2D eigenvalue weighted by Gasteiger charge is 2.16. The van der Waals surface area contributed by atoms with Crippen LogP contribution < -0.4 is 4.74 Å². The second kappa shape index (κ2) is 5.48. The molecule has 102 valence electrons. The SMILES string of the molecule is CC(=O)c1cc([N+](=O)[O-])ccc1Oc1cccnc1C. The zero-order valence-electron chi connectivity index (χ0n) is 11.0. The molecule has 1 aromatic carbocycles. The summed E-state index contributed by atoms with van der Waals surface area (Å²) in [6.45, 7) is 3.11. The van der Waals surface area contributed by atoms with Gasteiger partial charge in [-0.1, -0.05) is 0 Å². The first-order valence-corrected chi connectivity index (χ1v) is 5.88. The quantitative estimate of drug-likeness (QED) is 0.484. The van der Waals surface area contributed by atoms with Gasteiger partial charge in [0.2, 0.25) is 0 Å². The summed E-state index contributed by atoms with van der Waals surface area (Å²) in [5.74, 6) is 0.480. The summed E-state index contributed by atoms with van der Waals surface area (Å²) in [5.41, 5.74) is 0.688. The summed E-state index contributed by atoms with van der Waals surface area (Å²) < 4.78 is 5.63. The minimum absolute atomic E-state index is 0.148. The largest absolute Gasteiger partial charge is 0.455 e. The second-order valence-corrected chi connectivity index (χ2v) is 4.18. The number of ketones is 1. The maximum Gasteiger partial charge on any atom is 0.270 e. The molecule has 0 amide bonds. The number of benzene rings is 1. The Labute approximate surface area is 115 Å². The predicted octanol–water partition coefficient (Wildman–Crippen LogP) is 3.29. The van der Waals surface area contributed by atoms with Crippen LogP contribution in [0.2, 0.25) is 0 Å².